The number of amides is 1. The zero-order valence-electron chi connectivity index (χ0n) is 12.9. The van der Waals surface area contributed by atoms with Gasteiger partial charge in [-0.05, 0) is 31.7 Å². The first-order chi connectivity index (χ1) is 10.8. The molecule has 0 N–H and O–H groups in total. The van der Waals surface area contributed by atoms with E-state index in [9.17, 15) is 4.79 Å². The molecule has 22 heavy (non-hydrogen) atoms. The minimum absolute atomic E-state index is 0.187. The average molecular weight is 295 g/mol. The quantitative estimate of drug-likeness (QED) is 0.625. The van der Waals surface area contributed by atoms with E-state index in [4.69, 9.17) is 4.74 Å². The molecule has 1 fully saturated rings. The van der Waals surface area contributed by atoms with Crippen molar-refractivity contribution in [2.75, 3.05) is 0 Å². The van der Waals surface area contributed by atoms with Crippen molar-refractivity contribution in [2.24, 2.45) is 0 Å². The van der Waals surface area contributed by atoms with Crippen LogP contribution in [0, 0.1) is 11.8 Å². The van der Waals surface area contributed by atoms with E-state index >= 15 is 0 Å². The summed E-state index contributed by atoms with van der Waals surface area (Å²) in [4.78, 5) is 14.3. The molecule has 0 aromatic heterocycles. The van der Waals surface area contributed by atoms with Gasteiger partial charge in [0.1, 0.15) is 6.61 Å². The molecule has 0 spiro atoms. The van der Waals surface area contributed by atoms with Crippen molar-refractivity contribution < 1.29 is 9.53 Å². The second-order valence-electron chi connectivity index (χ2n) is 5.88. The normalized spacial score (nSPS) is 22.6. The SMILES string of the molecule is CC#CCC1=CC2CCC(C1)N2C(=O)OCc1ccccc1. The van der Waals surface area contributed by atoms with E-state index in [0.29, 0.717) is 6.61 Å². The molecule has 0 saturated carbocycles. The van der Waals surface area contributed by atoms with Gasteiger partial charge in [0.2, 0.25) is 0 Å². The summed E-state index contributed by atoms with van der Waals surface area (Å²) in [6.07, 6.45) is 5.89. The number of fused-ring (bicyclic) bond motifs is 2. The monoisotopic (exact) mass is 295 g/mol. The number of carbonyl (C=O) groups is 1. The second-order valence-corrected chi connectivity index (χ2v) is 5.88. The molecule has 0 radical (unpaired) electrons. The molecule has 1 amide bonds. The first kappa shape index (κ1) is 14.7. The van der Waals surface area contributed by atoms with Gasteiger partial charge in [-0.15, -0.1) is 5.92 Å². The van der Waals surface area contributed by atoms with Gasteiger partial charge in [0.25, 0.3) is 0 Å². The maximum absolute atomic E-state index is 12.4. The zero-order chi connectivity index (χ0) is 15.4. The molecule has 2 unspecified atom stereocenters. The number of hydrogen-bond acceptors (Lipinski definition) is 2. The predicted octanol–water partition coefficient (Wildman–Crippen LogP) is 3.90. The summed E-state index contributed by atoms with van der Waals surface area (Å²) in [6, 6.07) is 10.3. The number of hydrogen-bond donors (Lipinski definition) is 0. The van der Waals surface area contributed by atoms with Crippen LogP contribution in [0.3, 0.4) is 0 Å². The molecule has 2 heterocycles. The molecule has 114 valence electrons. The third-order valence-corrected chi connectivity index (χ3v) is 4.38. The summed E-state index contributed by atoms with van der Waals surface area (Å²) in [6.45, 7) is 2.21. The highest BCUT2D eigenvalue weighted by atomic mass is 16.6. The summed E-state index contributed by atoms with van der Waals surface area (Å²) in [5.74, 6) is 6.07. The van der Waals surface area contributed by atoms with Crippen LogP contribution < -0.4 is 0 Å². The Morgan fingerprint density at radius 3 is 2.86 bits per heavy atom. The van der Waals surface area contributed by atoms with Gasteiger partial charge in [0, 0.05) is 12.5 Å². The topological polar surface area (TPSA) is 29.5 Å². The Bertz CT molecular complexity index is 624. The van der Waals surface area contributed by atoms with Crippen molar-refractivity contribution in [1.82, 2.24) is 4.90 Å². The molecular formula is C19H21NO2. The summed E-state index contributed by atoms with van der Waals surface area (Å²) < 4.78 is 5.49. The lowest BCUT2D eigenvalue weighted by Crippen LogP contribution is -2.43. The van der Waals surface area contributed by atoms with Crippen molar-refractivity contribution in [3.05, 3.63) is 47.5 Å². The van der Waals surface area contributed by atoms with Crippen LogP contribution in [0.15, 0.2) is 42.0 Å². The van der Waals surface area contributed by atoms with Gasteiger partial charge < -0.3 is 4.74 Å². The van der Waals surface area contributed by atoms with E-state index < -0.39 is 0 Å². The van der Waals surface area contributed by atoms with E-state index in [1.165, 1.54) is 5.57 Å². The third kappa shape index (κ3) is 3.17. The smallest absolute Gasteiger partial charge is 0.410 e. The molecule has 0 aliphatic carbocycles. The van der Waals surface area contributed by atoms with E-state index in [1.54, 1.807) is 0 Å². The number of nitrogens with zero attached hydrogens (tertiary/aromatic N) is 1. The summed E-state index contributed by atoms with van der Waals surface area (Å²) in [5.41, 5.74) is 2.39. The predicted molar refractivity (Wildman–Crippen MR) is 86.0 cm³/mol. The fourth-order valence-corrected chi connectivity index (χ4v) is 3.33. The number of carbonyl (C=O) groups excluding carboxylic acids is 1. The lowest BCUT2D eigenvalue weighted by Gasteiger charge is -2.32. The van der Waals surface area contributed by atoms with Gasteiger partial charge >= 0.3 is 6.09 Å². The zero-order valence-corrected chi connectivity index (χ0v) is 12.9. The van der Waals surface area contributed by atoms with Gasteiger partial charge in [0.15, 0.2) is 0 Å². The van der Waals surface area contributed by atoms with Crippen molar-refractivity contribution in [2.45, 2.75) is 51.3 Å². The van der Waals surface area contributed by atoms with Gasteiger partial charge in [0.05, 0.1) is 6.04 Å². The molecule has 3 heteroatoms. The molecule has 1 aromatic rings. The maximum atomic E-state index is 12.4. The number of rotatable bonds is 3. The molecule has 2 aliphatic heterocycles. The largest absolute Gasteiger partial charge is 0.445 e. The van der Waals surface area contributed by atoms with Gasteiger partial charge in [-0.1, -0.05) is 47.9 Å². The fourth-order valence-electron chi connectivity index (χ4n) is 3.33. The highest BCUT2D eigenvalue weighted by Gasteiger charge is 2.40. The summed E-state index contributed by atoms with van der Waals surface area (Å²) in [7, 11) is 0. The van der Waals surface area contributed by atoms with Crippen LogP contribution in [-0.2, 0) is 11.3 Å². The standard InChI is InChI=1S/C19H21NO2/c1-2-3-7-16-12-17-10-11-18(13-16)20(17)19(21)22-14-15-8-5-4-6-9-15/h4-6,8-9,12,17-18H,7,10-11,13-14H2,1H3. The molecule has 2 atom stereocenters. The van der Waals surface area contributed by atoms with Gasteiger partial charge in [-0.25, -0.2) is 4.79 Å². The van der Waals surface area contributed by atoms with E-state index in [-0.39, 0.29) is 18.2 Å². The lowest BCUT2D eigenvalue weighted by molar-refractivity contribution is 0.0816. The van der Waals surface area contributed by atoms with Crippen LogP contribution in [0.4, 0.5) is 4.79 Å². The maximum Gasteiger partial charge on any atom is 0.410 e. The van der Waals surface area contributed by atoms with Crippen molar-refractivity contribution in [3.63, 3.8) is 0 Å². The van der Waals surface area contributed by atoms with Crippen LogP contribution in [0.25, 0.3) is 0 Å². The highest BCUT2D eigenvalue weighted by molar-refractivity contribution is 5.70. The molecular weight excluding hydrogens is 274 g/mol. The molecule has 2 aliphatic rings. The first-order valence-electron chi connectivity index (χ1n) is 7.86. The van der Waals surface area contributed by atoms with Crippen LogP contribution in [0.1, 0.15) is 38.2 Å². The Labute approximate surface area is 132 Å². The highest BCUT2D eigenvalue weighted by Crippen LogP contribution is 2.36. The molecule has 1 saturated heterocycles. The second kappa shape index (κ2) is 6.70. The van der Waals surface area contributed by atoms with E-state index in [0.717, 1.165) is 31.2 Å². The minimum Gasteiger partial charge on any atom is -0.445 e. The molecule has 2 bridgehead atoms. The minimum atomic E-state index is -0.187. The number of benzene rings is 1. The molecule has 3 rings (SSSR count). The van der Waals surface area contributed by atoms with Gasteiger partial charge in [-0.2, -0.15) is 0 Å². The number of ether oxygens (including phenoxy) is 1. The van der Waals surface area contributed by atoms with Crippen LogP contribution in [-0.4, -0.2) is 23.1 Å². The Morgan fingerprint density at radius 2 is 2.14 bits per heavy atom. The Kier molecular flexibility index (Phi) is 4.48. The van der Waals surface area contributed by atoms with E-state index in [2.05, 4.69) is 17.9 Å². The van der Waals surface area contributed by atoms with E-state index in [1.807, 2.05) is 42.2 Å². The molecule has 3 nitrogen and oxygen atoms in total. The molecule has 1 aromatic carbocycles. The summed E-state index contributed by atoms with van der Waals surface area (Å²) in [5, 5.41) is 0. The Morgan fingerprint density at radius 1 is 1.32 bits per heavy atom. The van der Waals surface area contributed by atoms with Crippen LogP contribution in [0.2, 0.25) is 0 Å². The fraction of sp³-hybridized carbons (Fsp3) is 0.421. The average Bonchev–Trinajstić information content (AvgIpc) is 2.82. The Hall–Kier alpha value is -2.21. The first-order valence-corrected chi connectivity index (χ1v) is 7.86. The van der Waals surface area contributed by atoms with Crippen LogP contribution in [0.5, 0.6) is 0 Å². The van der Waals surface area contributed by atoms with Crippen LogP contribution >= 0.6 is 0 Å². The van der Waals surface area contributed by atoms with Crippen molar-refractivity contribution in [1.29, 1.82) is 0 Å². The Balaban J connectivity index is 1.61. The van der Waals surface area contributed by atoms with Gasteiger partial charge in [-0.3, -0.25) is 4.90 Å². The third-order valence-electron chi connectivity index (χ3n) is 4.38. The van der Waals surface area contributed by atoms with Crippen molar-refractivity contribution >= 4 is 6.09 Å². The lowest BCUT2D eigenvalue weighted by atomic mass is 9.99. The van der Waals surface area contributed by atoms with Crippen molar-refractivity contribution in [3.8, 4) is 11.8 Å². The summed E-state index contributed by atoms with van der Waals surface area (Å²) >= 11 is 0.